The monoisotopic (exact) mass is 398 g/mol. The van der Waals surface area contributed by atoms with Crippen LogP contribution in [-0.2, 0) is 17.6 Å². The molecule has 1 unspecified atom stereocenters. The van der Waals surface area contributed by atoms with Crippen molar-refractivity contribution >= 4 is 23.1 Å². The summed E-state index contributed by atoms with van der Waals surface area (Å²) in [4.78, 5) is 14.2. The van der Waals surface area contributed by atoms with E-state index in [1.54, 1.807) is 24.3 Å². The Balaban J connectivity index is 1.78. The molecule has 0 saturated heterocycles. The predicted octanol–water partition coefficient (Wildman–Crippen LogP) is 6.45. The Kier molecular flexibility index (Phi) is 6.71. The molecule has 1 N–H and O–H groups in total. The van der Waals surface area contributed by atoms with E-state index < -0.39 is 0 Å². The van der Waals surface area contributed by atoms with Gasteiger partial charge in [0.05, 0.1) is 11.8 Å². The number of hydrogen-bond donors (Lipinski definition) is 1. The summed E-state index contributed by atoms with van der Waals surface area (Å²) >= 11 is 1.76. The summed E-state index contributed by atoms with van der Waals surface area (Å²) in [6.45, 7) is 8.35. The van der Waals surface area contributed by atoms with Gasteiger partial charge in [-0.15, -0.1) is 11.8 Å². The second kappa shape index (κ2) is 9.04. The number of rotatable bonds is 7. The summed E-state index contributed by atoms with van der Waals surface area (Å²) in [6, 6.07) is 4.30. The molecule has 3 nitrogen and oxygen atoms in total. The van der Waals surface area contributed by atoms with Gasteiger partial charge in [-0.1, -0.05) is 31.5 Å². The number of thioether (sulfide) groups is 1. The minimum atomic E-state index is 0.0893. The molecule has 0 fully saturated rings. The molecule has 1 atom stereocenters. The van der Waals surface area contributed by atoms with Gasteiger partial charge in [0.1, 0.15) is 12.0 Å². The fourth-order valence-corrected chi connectivity index (χ4v) is 5.18. The maximum atomic E-state index is 13.0. The van der Waals surface area contributed by atoms with E-state index in [4.69, 9.17) is 4.42 Å². The van der Waals surface area contributed by atoms with E-state index in [-0.39, 0.29) is 17.5 Å². The molecule has 0 amide bonds. The molecule has 2 aromatic rings. The van der Waals surface area contributed by atoms with Crippen LogP contribution < -0.4 is 0 Å². The summed E-state index contributed by atoms with van der Waals surface area (Å²) < 4.78 is 5.21. The van der Waals surface area contributed by atoms with Crippen LogP contribution in [0.1, 0.15) is 60.9 Å². The first kappa shape index (κ1) is 20.8. The molecule has 1 aromatic heterocycles. The molecule has 0 bridgehead atoms. The van der Waals surface area contributed by atoms with Crippen LogP contribution in [0.25, 0.3) is 5.57 Å². The van der Waals surface area contributed by atoms with Crippen LogP contribution in [0.3, 0.4) is 0 Å². The molecule has 1 heterocycles. The summed E-state index contributed by atoms with van der Waals surface area (Å²) in [5.74, 6) is 1.49. The number of hydrogen-bond acceptors (Lipinski definition) is 4. The Labute approximate surface area is 172 Å². The maximum Gasteiger partial charge on any atom is 0.167 e. The van der Waals surface area contributed by atoms with Crippen molar-refractivity contribution in [2.75, 3.05) is 5.75 Å². The van der Waals surface area contributed by atoms with E-state index in [1.807, 2.05) is 6.92 Å². The number of benzene rings is 1. The molecule has 28 heavy (non-hydrogen) atoms. The second-order valence-corrected chi connectivity index (χ2v) is 8.88. The number of aryl methyl sites for hydroxylation is 4. The summed E-state index contributed by atoms with van der Waals surface area (Å²) in [7, 11) is 0. The molecule has 0 saturated carbocycles. The van der Waals surface area contributed by atoms with Crippen molar-refractivity contribution < 1.29 is 14.3 Å². The van der Waals surface area contributed by atoms with Crippen molar-refractivity contribution in [2.24, 2.45) is 5.92 Å². The lowest BCUT2D eigenvalue weighted by Gasteiger charge is -2.26. The first-order chi connectivity index (χ1) is 13.4. The zero-order chi connectivity index (χ0) is 20.3. The molecule has 0 aliphatic heterocycles. The maximum absolute atomic E-state index is 13.0. The molecule has 1 aliphatic carbocycles. The van der Waals surface area contributed by atoms with Gasteiger partial charge in [0.15, 0.2) is 5.78 Å². The van der Waals surface area contributed by atoms with Gasteiger partial charge in [-0.3, -0.25) is 4.79 Å². The van der Waals surface area contributed by atoms with Crippen LogP contribution in [0.5, 0.6) is 0 Å². The minimum absolute atomic E-state index is 0.0893. The second-order valence-electron chi connectivity index (χ2n) is 7.74. The molecule has 3 rings (SSSR count). The smallest absolute Gasteiger partial charge is 0.167 e. The van der Waals surface area contributed by atoms with Crippen molar-refractivity contribution in [2.45, 2.75) is 64.7 Å². The lowest BCUT2D eigenvalue weighted by atomic mass is 9.79. The molecule has 4 heteroatoms. The third-order valence-electron chi connectivity index (χ3n) is 5.57. The first-order valence-electron chi connectivity index (χ1n) is 10.2. The van der Waals surface area contributed by atoms with Gasteiger partial charge in [-0.25, -0.2) is 0 Å². The summed E-state index contributed by atoms with van der Waals surface area (Å²) in [5, 5.41) is 10.8. The van der Waals surface area contributed by atoms with Gasteiger partial charge in [0.2, 0.25) is 0 Å². The molecule has 1 aromatic carbocycles. The van der Waals surface area contributed by atoms with Gasteiger partial charge in [-0.2, -0.15) is 0 Å². The normalized spacial score (nSPS) is 17.4. The van der Waals surface area contributed by atoms with Gasteiger partial charge in [-0.05, 0) is 61.5 Å². The minimum Gasteiger partial charge on any atom is -0.512 e. The summed E-state index contributed by atoms with van der Waals surface area (Å²) in [5.41, 5.74) is 6.24. The van der Waals surface area contributed by atoms with Gasteiger partial charge in [0, 0.05) is 23.3 Å². The van der Waals surface area contributed by atoms with Crippen LogP contribution in [0.2, 0.25) is 0 Å². The average Bonchev–Trinajstić information content (AvgIpc) is 3.06. The Morgan fingerprint density at radius 2 is 1.79 bits per heavy atom. The number of aliphatic hydroxyl groups excluding tert-OH is 1. The molecule has 1 aliphatic rings. The molecule has 0 radical (unpaired) electrons. The largest absolute Gasteiger partial charge is 0.512 e. The van der Waals surface area contributed by atoms with E-state index in [9.17, 15) is 9.90 Å². The van der Waals surface area contributed by atoms with Crippen molar-refractivity contribution in [1.29, 1.82) is 0 Å². The molecular formula is C24H30O3S. The number of carbonyl (C=O) groups is 1. The number of furan rings is 1. The van der Waals surface area contributed by atoms with Crippen LogP contribution >= 0.6 is 11.8 Å². The number of carbonyl (C=O) groups excluding carboxylic acids is 1. The van der Waals surface area contributed by atoms with Crippen molar-refractivity contribution in [1.82, 2.24) is 0 Å². The van der Waals surface area contributed by atoms with Crippen LogP contribution in [0, 0.1) is 19.8 Å². The van der Waals surface area contributed by atoms with Gasteiger partial charge >= 0.3 is 0 Å². The van der Waals surface area contributed by atoms with Crippen LogP contribution in [0.15, 0.2) is 39.7 Å². The lowest BCUT2D eigenvalue weighted by molar-refractivity contribution is -0.115. The Bertz CT molecular complexity index is 866. The highest BCUT2D eigenvalue weighted by atomic mass is 32.2. The van der Waals surface area contributed by atoms with E-state index in [0.717, 1.165) is 52.2 Å². The fourth-order valence-electron chi connectivity index (χ4n) is 4.11. The Morgan fingerprint density at radius 1 is 1.11 bits per heavy atom. The van der Waals surface area contributed by atoms with E-state index in [2.05, 4.69) is 32.9 Å². The number of aliphatic hydroxyl groups is 1. The SMILES string of the molecule is CCc1cc(C)cc(CC)c1C1=C(O)CC(CCSc2cocc2C)CC1=O. The van der Waals surface area contributed by atoms with Crippen LogP contribution in [0.4, 0.5) is 0 Å². The third-order valence-corrected chi connectivity index (χ3v) is 6.74. The quantitative estimate of drug-likeness (QED) is 0.544. The summed E-state index contributed by atoms with van der Waals surface area (Å²) in [6.07, 6.45) is 7.27. The average molecular weight is 399 g/mol. The van der Waals surface area contributed by atoms with E-state index in [0.29, 0.717) is 18.4 Å². The predicted molar refractivity (Wildman–Crippen MR) is 116 cm³/mol. The van der Waals surface area contributed by atoms with E-state index in [1.165, 1.54) is 5.56 Å². The number of allylic oxidation sites excluding steroid dienone is 2. The third kappa shape index (κ3) is 4.38. The highest BCUT2D eigenvalue weighted by Gasteiger charge is 2.30. The number of ketones is 1. The Morgan fingerprint density at radius 3 is 2.32 bits per heavy atom. The lowest BCUT2D eigenvalue weighted by Crippen LogP contribution is -2.21. The molecular weight excluding hydrogens is 368 g/mol. The zero-order valence-corrected chi connectivity index (χ0v) is 18.1. The molecule has 150 valence electrons. The zero-order valence-electron chi connectivity index (χ0n) is 17.3. The highest BCUT2D eigenvalue weighted by molar-refractivity contribution is 7.99. The fraction of sp³-hybridized carbons (Fsp3) is 0.458. The highest BCUT2D eigenvalue weighted by Crippen LogP contribution is 2.38. The van der Waals surface area contributed by atoms with Crippen molar-refractivity contribution in [3.8, 4) is 0 Å². The number of Topliss-reactive ketones (excluding diaryl/α,β-unsaturated/α-hetero) is 1. The standard InChI is InChI=1S/C24H30O3S/c1-5-18-9-15(3)10-19(6-2)23(18)24-20(25)11-17(12-21(24)26)7-8-28-22-14-27-13-16(22)4/h9-10,13-14,17,25H,5-8,11-12H2,1-4H3. The van der Waals surface area contributed by atoms with Crippen molar-refractivity contribution in [3.05, 3.63) is 58.2 Å². The topological polar surface area (TPSA) is 50.4 Å². The Hall–Kier alpha value is -1.94. The first-order valence-corrected chi connectivity index (χ1v) is 11.2. The van der Waals surface area contributed by atoms with Crippen molar-refractivity contribution in [3.63, 3.8) is 0 Å². The van der Waals surface area contributed by atoms with Gasteiger partial charge in [0.25, 0.3) is 0 Å². The molecule has 0 spiro atoms. The van der Waals surface area contributed by atoms with Crippen LogP contribution in [-0.4, -0.2) is 16.6 Å². The van der Waals surface area contributed by atoms with Gasteiger partial charge < -0.3 is 9.52 Å². The van der Waals surface area contributed by atoms with E-state index >= 15 is 0 Å².